The van der Waals surface area contributed by atoms with Gasteiger partial charge in [0.2, 0.25) is 0 Å². The quantitative estimate of drug-likeness (QED) is 0.506. The molecule has 3 aromatic rings. The molecule has 1 fully saturated rings. The molecule has 1 saturated heterocycles. The number of carbonyl (C=O) groups excluding carboxylic acids is 1. The van der Waals surface area contributed by atoms with E-state index in [1.165, 1.54) is 11.3 Å². The molecule has 174 valence electrons. The number of amides is 1. The zero-order valence-corrected chi connectivity index (χ0v) is 20.6. The molecule has 10 heteroatoms. The summed E-state index contributed by atoms with van der Waals surface area (Å²) < 4.78 is 0. The van der Waals surface area contributed by atoms with Crippen molar-refractivity contribution in [3.63, 3.8) is 0 Å². The first-order chi connectivity index (χ1) is 16.0. The average Bonchev–Trinajstić information content (AvgIpc) is 3.28. The summed E-state index contributed by atoms with van der Waals surface area (Å²) in [7, 11) is 0. The van der Waals surface area contributed by atoms with Crippen molar-refractivity contribution < 1.29 is 4.79 Å². The molecule has 1 aliphatic heterocycles. The van der Waals surface area contributed by atoms with Crippen molar-refractivity contribution >= 4 is 51.3 Å². The lowest BCUT2D eigenvalue weighted by molar-refractivity contribution is 0.103. The largest absolute Gasteiger partial charge is 0.354 e. The number of para-hydroxylation sites is 1. The van der Waals surface area contributed by atoms with Crippen molar-refractivity contribution in [2.45, 2.75) is 27.2 Å². The van der Waals surface area contributed by atoms with Gasteiger partial charge in [0, 0.05) is 32.2 Å². The molecule has 0 bridgehead atoms. The highest BCUT2D eigenvalue weighted by Gasteiger charge is 2.19. The number of piperazine rings is 1. The van der Waals surface area contributed by atoms with Crippen molar-refractivity contribution in [1.82, 2.24) is 19.9 Å². The van der Waals surface area contributed by atoms with Gasteiger partial charge in [0.25, 0.3) is 5.91 Å². The minimum absolute atomic E-state index is 0.239. The van der Waals surface area contributed by atoms with Crippen molar-refractivity contribution in [3.05, 3.63) is 51.7 Å². The Hall–Kier alpha value is -2.75. The van der Waals surface area contributed by atoms with Crippen LogP contribution < -0.4 is 15.5 Å². The number of likely N-dealkylation sites (N-methyl/N-ethyl adjacent to an activating group) is 1. The summed E-state index contributed by atoms with van der Waals surface area (Å²) in [6.45, 7) is 11.1. The molecule has 33 heavy (non-hydrogen) atoms. The maximum absolute atomic E-state index is 12.8. The Bertz CT molecular complexity index is 1130. The molecular weight excluding hydrogens is 458 g/mol. The summed E-state index contributed by atoms with van der Waals surface area (Å²) in [6.07, 6.45) is 2.33. The van der Waals surface area contributed by atoms with Crippen molar-refractivity contribution in [3.8, 4) is 0 Å². The zero-order chi connectivity index (χ0) is 23.4. The highest BCUT2D eigenvalue weighted by atomic mass is 35.5. The second-order valence-corrected chi connectivity index (χ2v) is 9.25. The monoisotopic (exact) mass is 485 g/mol. The fourth-order valence-electron chi connectivity index (χ4n) is 3.80. The van der Waals surface area contributed by atoms with Crippen LogP contribution in [0.5, 0.6) is 0 Å². The number of nitrogens with one attached hydrogen (secondary N) is 2. The van der Waals surface area contributed by atoms with E-state index >= 15 is 0 Å². The van der Waals surface area contributed by atoms with E-state index in [4.69, 9.17) is 11.6 Å². The van der Waals surface area contributed by atoms with E-state index in [0.717, 1.165) is 50.5 Å². The molecule has 1 aliphatic rings. The maximum Gasteiger partial charge on any atom is 0.267 e. The molecule has 0 saturated carbocycles. The predicted octanol–water partition coefficient (Wildman–Crippen LogP) is 4.60. The summed E-state index contributed by atoms with van der Waals surface area (Å²) in [5.74, 6) is 2.02. The molecule has 1 amide bonds. The van der Waals surface area contributed by atoms with Crippen molar-refractivity contribution in [1.29, 1.82) is 0 Å². The van der Waals surface area contributed by atoms with Crippen LogP contribution in [-0.4, -0.2) is 58.5 Å². The number of benzene rings is 1. The van der Waals surface area contributed by atoms with Crippen LogP contribution in [0.3, 0.4) is 0 Å². The molecule has 0 atom stereocenters. The molecule has 2 N–H and O–H groups in total. The molecule has 4 rings (SSSR count). The SMILES string of the molecule is CCc1cccc(Cl)c1NC(=O)c1cnc(Nc2cc(N3CCN(CC)CC3)nc(C)n2)s1. The predicted molar refractivity (Wildman–Crippen MR) is 135 cm³/mol. The summed E-state index contributed by atoms with van der Waals surface area (Å²) >= 11 is 7.57. The molecule has 0 radical (unpaired) electrons. The minimum Gasteiger partial charge on any atom is -0.354 e. The maximum atomic E-state index is 12.8. The molecule has 0 aliphatic carbocycles. The van der Waals surface area contributed by atoms with E-state index in [2.05, 4.69) is 42.3 Å². The van der Waals surface area contributed by atoms with E-state index in [-0.39, 0.29) is 5.91 Å². The molecular formula is C23H28ClN7OS. The van der Waals surface area contributed by atoms with Crippen LogP contribution in [-0.2, 0) is 6.42 Å². The number of anilines is 4. The molecule has 1 aromatic carbocycles. The Labute approximate surface area is 203 Å². The molecule has 0 unspecified atom stereocenters. The fourth-order valence-corrected chi connectivity index (χ4v) is 4.76. The summed E-state index contributed by atoms with van der Waals surface area (Å²) in [6, 6.07) is 7.55. The van der Waals surface area contributed by atoms with E-state index in [1.807, 2.05) is 32.0 Å². The smallest absolute Gasteiger partial charge is 0.267 e. The number of thiazole rings is 1. The van der Waals surface area contributed by atoms with Crippen LogP contribution in [0.4, 0.5) is 22.5 Å². The Kier molecular flexibility index (Phi) is 7.42. The fraction of sp³-hybridized carbons (Fsp3) is 0.391. The second kappa shape index (κ2) is 10.5. The van der Waals surface area contributed by atoms with E-state index in [0.29, 0.717) is 32.4 Å². The van der Waals surface area contributed by atoms with Gasteiger partial charge in [-0.05, 0) is 31.5 Å². The first-order valence-electron chi connectivity index (χ1n) is 11.1. The van der Waals surface area contributed by atoms with Gasteiger partial charge in [-0.25, -0.2) is 15.0 Å². The van der Waals surface area contributed by atoms with Gasteiger partial charge in [0.15, 0.2) is 5.13 Å². The van der Waals surface area contributed by atoms with Gasteiger partial charge in [-0.15, -0.1) is 0 Å². The van der Waals surface area contributed by atoms with Gasteiger partial charge < -0.3 is 20.4 Å². The third-order valence-electron chi connectivity index (χ3n) is 5.65. The molecule has 2 aromatic heterocycles. The minimum atomic E-state index is -0.239. The lowest BCUT2D eigenvalue weighted by Gasteiger charge is -2.34. The van der Waals surface area contributed by atoms with Gasteiger partial charge in [-0.3, -0.25) is 4.79 Å². The average molecular weight is 486 g/mol. The number of hydrogen-bond acceptors (Lipinski definition) is 8. The lowest BCUT2D eigenvalue weighted by Crippen LogP contribution is -2.46. The van der Waals surface area contributed by atoms with Gasteiger partial charge >= 0.3 is 0 Å². The van der Waals surface area contributed by atoms with E-state index in [1.54, 1.807) is 12.3 Å². The van der Waals surface area contributed by atoms with Gasteiger partial charge in [0.1, 0.15) is 22.3 Å². The molecule has 8 nitrogen and oxygen atoms in total. The first-order valence-corrected chi connectivity index (χ1v) is 12.3. The Morgan fingerprint density at radius 1 is 1.18 bits per heavy atom. The summed E-state index contributed by atoms with van der Waals surface area (Å²) in [4.78, 5) is 31.5. The third kappa shape index (κ3) is 5.61. The highest BCUT2D eigenvalue weighted by molar-refractivity contribution is 7.17. The van der Waals surface area contributed by atoms with Crippen LogP contribution in [0.2, 0.25) is 5.02 Å². The topological polar surface area (TPSA) is 86.3 Å². The second-order valence-electron chi connectivity index (χ2n) is 7.82. The lowest BCUT2D eigenvalue weighted by atomic mass is 10.1. The number of rotatable bonds is 7. The Morgan fingerprint density at radius 3 is 2.70 bits per heavy atom. The first kappa shape index (κ1) is 23.4. The number of aryl methyl sites for hydroxylation is 2. The Morgan fingerprint density at radius 2 is 1.97 bits per heavy atom. The number of aromatic nitrogens is 3. The Balaban J connectivity index is 1.46. The third-order valence-corrected chi connectivity index (χ3v) is 6.88. The summed E-state index contributed by atoms with van der Waals surface area (Å²) in [5, 5.41) is 7.27. The van der Waals surface area contributed by atoms with Gasteiger partial charge in [0.05, 0.1) is 16.9 Å². The molecule has 3 heterocycles. The number of nitrogens with zero attached hydrogens (tertiary/aromatic N) is 5. The van der Waals surface area contributed by atoms with Crippen LogP contribution in [0.25, 0.3) is 0 Å². The normalized spacial score (nSPS) is 14.4. The van der Waals surface area contributed by atoms with Gasteiger partial charge in [-0.2, -0.15) is 0 Å². The van der Waals surface area contributed by atoms with E-state index < -0.39 is 0 Å². The summed E-state index contributed by atoms with van der Waals surface area (Å²) in [5.41, 5.74) is 1.64. The zero-order valence-electron chi connectivity index (χ0n) is 19.1. The van der Waals surface area contributed by atoms with Crippen LogP contribution in [0, 0.1) is 6.92 Å². The number of hydrogen-bond donors (Lipinski definition) is 2. The van der Waals surface area contributed by atoms with Crippen molar-refractivity contribution in [2.24, 2.45) is 0 Å². The van der Waals surface area contributed by atoms with Gasteiger partial charge in [-0.1, -0.05) is 48.9 Å². The van der Waals surface area contributed by atoms with Crippen molar-refractivity contribution in [2.75, 3.05) is 48.3 Å². The molecule has 0 spiro atoms. The standard InChI is InChI=1S/C23H28ClN7OS/c1-4-16-7-6-8-17(24)21(16)29-22(32)18-14-25-23(33-18)28-19-13-20(27-15(3)26-19)31-11-9-30(5-2)10-12-31/h6-8,13-14H,4-5,9-12H2,1-3H3,(H,29,32)(H,25,26,27,28). The van der Waals surface area contributed by atoms with Crippen LogP contribution in [0.1, 0.15) is 34.9 Å². The van der Waals surface area contributed by atoms with Crippen LogP contribution >= 0.6 is 22.9 Å². The number of halogens is 1. The number of carbonyl (C=O) groups is 1. The van der Waals surface area contributed by atoms with E-state index in [9.17, 15) is 4.79 Å². The highest BCUT2D eigenvalue weighted by Crippen LogP contribution is 2.29. The van der Waals surface area contributed by atoms with Crippen LogP contribution in [0.15, 0.2) is 30.5 Å².